The zero-order chi connectivity index (χ0) is 14.4. The van der Waals surface area contributed by atoms with Crippen LogP contribution in [0.5, 0.6) is 0 Å². The van der Waals surface area contributed by atoms with Gasteiger partial charge in [0.1, 0.15) is 5.76 Å². The number of likely N-dealkylation sites (N-methyl/N-ethyl adjacent to an activating group) is 1. The van der Waals surface area contributed by atoms with Crippen LogP contribution in [-0.4, -0.2) is 37.1 Å². The van der Waals surface area contributed by atoms with E-state index in [9.17, 15) is 0 Å². The van der Waals surface area contributed by atoms with Crippen molar-refractivity contribution < 1.29 is 4.42 Å². The molecule has 1 fully saturated rings. The Balaban J connectivity index is 1.77. The lowest BCUT2D eigenvalue weighted by atomic mass is 9.80. The van der Waals surface area contributed by atoms with Crippen LogP contribution < -0.4 is 5.32 Å². The van der Waals surface area contributed by atoms with E-state index in [0.29, 0.717) is 11.6 Å². The fraction of sp³-hybridized carbons (Fsp3) is 0.765. The summed E-state index contributed by atoms with van der Waals surface area (Å²) in [5, 5.41) is 3.75. The highest BCUT2D eigenvalue weighted by atomic mass is 16.3. The predicted molar refractivity (Wildman–Crippen MR) is 84.0 cm³/mol. The molecule has 1 aliphatic carbocycles. The number of furan rings is 1. The van der Waals surface area contributed by atoms with E-state index in [0.717, 1.165) is 25.1 Å². The minimum atomic E-state index is 0.372. The molecule has 1 aliphatic rings. The molecule has 0 radical (unpaired) electrons. The van der Waals surface area contributed by atoms with Crippen LogP contribution in [0.2, 0.25) is 0 Å². The number of hydrogen-bond donors (Lipinski definition) is 1. The standard InChI is InChI=1S/C17H30N2O/c1-15(9-10-16-8-7-13-20-16)18-14-17(19(2)3)11-5-4-6-12-17/h7-8,13,15,18H,4-6,9-12,14H2,1-3H3. The van der Waals surface area contributed by atoms with Gasteiger partial charge in [0.05, 0.1) is 6.26 Å². The smallest absolute Gasteiger partial charge is 0.103 e. The van der Waals surface area contributed by atoms with Gasteiger partial charge in [-0.1, -0.05) is 19.3 Å². The molecule has 1 N–H and O–H groups in total. The first-order valence-electron chi connectivity index (χ1n) is 8.06. The number of rotatable bonds is 7. The molecule has 3 heteroatoms. The van der Waals surface area contributed by atoms with E-state index in [1.54, 1.807) is 6.26 Å². The Morgan fingerprint density at radius 2 is 2.05 bits per heavy atom. The monoisotopic (exact) mass is 278 g/mol. The Kier molecular flexibility index (Phi) is 5.67. The maximum atomic E-state index is 5.40. The van der Waals surface area contributed by atoms with Crippen LogP contribution in [0.4, 0.5) is 0 Å². The van der Waals surface area contributed by atoms with Crippen molar-refractivity contribution in [1.82, 2.24) is 10.2 Å². The van der Waals surface area contributed by atoms with Crippen molar-refractivity contribution in [3.63, 3.8) is 0 Å². The van der Waals surface area contributed by atoms with E-state index >= 15 is 0 Å². The fourth-order valence-corrected chi connectivity index (χ4v) is 3.27. The summed E-state index contributed by atoms with van der Waals surface area (Å²) in [5.41, 5.74) is 0.372. The molecule has 1 aromatic rings. The number of aryl methyl sites for hydroxylation is 1. The normalized spacial score (nSPS) is 20.2. The predicted octanol–water partition coefficient (Wildman–Crippen LogP) is 3.45. The van der Waals surface area contributed by atoms with Gasteiger partial charge in [-0.3, -0.25) is 0 Å². The molecule has 3 nitrogen and oxygen atoms in total. The zero-order valence-corrected chi connectivity index (χ0v) is 13.3. The van der Waals surface area contributed by atoms with Crippen LogP contribution in [0, 0.1) is 0 Å². The van der Waals surface area contributed by atoms with Crippen molar-refractivity contribution in [3.8, 4) is 0 Å². The lowest BCUT2D eigenvalue weighted by Crippen LogP contribution is -2.54. The van der Waals surface area contributed by atoms with Crippen LogP contribution in [0.3, 0.4) is 0 Å². The fourth-order valence-electron chi connectivity index (χ4n) is 3.27. The van der Waals surface area contributed by atoms with E-state index < -0.39 is 0 Å². The number of hydrogen-bond acceptors (Lipinski definition) is 3. The van der Waals surface area contributed by atoms with Crippen LogP contribution >= 0.6 is 0 Å². The summed E-state index contributed by atoms with van der Waals surface area (Å²) in [6.45, 7) is 3.40. The summed E-state index contributed by atoms with van der Waals surface area (Å²) >= 11 is 0. The topological polar surface area (TPSA) is 28.4 Å². The second-order valence-corrected chi connectivity index (χ2v) is 6.58. The lowest BCUT2D eigenvalue weighted by Gasteiger charge is -2.44. The Labute approximate surface area is 123 Å². The number of nitrogens with zero attached hydrogens (tertiary/aromatic N) is 1. The SMILES string of the molecule is CC(CCc1ccco1)NCC1(N(C)C)CCCCC1. The van der Waals surface area contributed by atoms with Crippen molar-refractivity contribution in [3.05, 3.63) is 24.2 Å². The lowest BCUT2D eigenvalue weighted by molar-refractivity contribution is 0.0954. The highest BCUT2D eigenvalue weighted by molar-refractivity contribution is 4.99. The van der Waals surface area contributed by atoms with Crippen LogP contribution in [-0.2, 0) is 6.42 Å². The Morgan fingerprint density at radius 1 is 1.30 bits per heavy atom. The highest BCUT2D eigenvalue weighted by Crippen LogP contribution is 2.31. The van der Waals surface area contributed by atoms with Gasteiger partial charge >= 0.3 is 0 Å². The maximum Gasteiger partial charge on any atom is 0.103 e. The molecule has 1 saturated carbocycles. The molecule has 0 spiro atoms. The van der Waals surface area contributed by atoms with Crippen molar-refractivity contribution in [2.24, 2.45) is 0 Å². The van der Waals surface area contributed by atoms with Gasteiger partial charge in [-0.25, -0.2) is 0 Å². The van der Waals surface area contributed by atoms with Gasteiger partial charge in [0.2, 0.25) is 0 Å². The first kappa shape index (κ1) is 15.6. The van der Waals surface area contributed by atoms with Gasteiger partial charge in [-0.05, 0) is 52.4 Å². The second-order valence-electron chi connectivity index (χ2n) is 6.58. The molecule has 1 aromatic heterocycles. The molecule has 0 amide bonds. The summed E-state index contributed by atoms with van der Waals surface area (Å²) in [6, 6.07) is 4.57. The minimum absolute atomic E-state index is 0.372. The quantitative estimate of drug-likeness (QED) is 0.828. The Hall–Kier alpha value is -0.800. The molecular weight excluding hydrogens is 248 g/mol. The molecule has 1 heterocycles. The van der Waals surface area contributed by atoms with Gasteiger partial charge in [-0.15, -0.1) is 0 Å². The molecule has 1 atom stereocenters. The van der Waals surface area contributed by atoms with Crippen LogP contribution in [0.15, 0.2) is 22.8 Å². The number of nitrogens with one attached hydrogen (secondary N) is 1. The molecule has 0 aromatic carbocycles. The summed E-state index contributed by atoms with van der Waals surface area (Å²) in [6.07, 6.45) is 10.7. The molecule has 0 bridgehead atoms. The van der Waals surface area contributed by atoms with Gasteiger partial charge in [0.15, 0.2) is 0 Å². The molecule has 0 aliphatic heterocycles. The van der Waals surface area contributed by atoms with Crippen molar-refractivity contribution >= 4 is 0 Å². The third-order valence-corrected chi connectivity index (χ3v) is 4.92. The van der Waals surface area contributed by atoms with Crippen molar-refractivity contribution in [1.29, 1.82) is 0 Å². The average Bonchev–Trinajstić information content (AvgIpc) is 2.97. The summed E-state index contributed by atoms with van der Waals surface area (Å²) in [4.78, 5) is 2.44. The van der Waals surface area contributed by atoms with E-state index in [-0.39, 0.29) is 0 Å². The highest BCUT2D eigenvalue weighted by Gasteiger charge is 2.33. The third kappa shape index (κ3) is 4.10. The zero-order valence-electron chi connectivity index (χ0n) is 13.3. The van der Waals surface area contributed by atoms with Crippen LogP contribution in [0.25, 0.3) is 0 Å². The molecular formula is C17H30N2O. The summed E-state index contributed by atoms with van der Waals surface area (Å²) in [5.74, 6) is 1.10. The maximum absolute atomic E-state index is 5.40. The molecule has 114 valence electrons. The average molecular weight is 278 g/mol. The van der Waals surface area contributed by atoms with Crippen molar-refractivity contribution in [2.45, 2.75) is 63.5 Å². The third-order valence-electron chi connectivity index (χ3n) is 4.92. The van der Waals surface area contributed by atoms with Crippen LogP contribution in [0.1, 0.15) is 51.2 Å². The van der Waals surface area contributed by atoms with E-state index in [4.69, 9.17) is 4.42 Å². The van der Waals surface area contributed by atoms with Gasteiger partial charge in [0, 0.05) is 24.5 Å². The first-order valence-corrected chi connectivity index (χ1v) is 8.06. The van der Waals surface area contributed by atoms with Gasteiger partial charge < -0.3 is 14.6 Å². The first-order chi connectivity index (χ1) is 9.62. The molecule has 0 saturated heterocycles. The molecule has 1 unspecified atom stereocenters. The molecule has 20 heavy (non-hydrogen) atoms. The minimum Gasteiger partial charge on any atom is -0.469 e. The molecule has 2 rings (SSSR count). The van der Waals surface area contributed by atoms with E-state index in [1.165, 1.54) is 32.1 Å². The van der Waals surface area contributed by atoms with Gasteiger partial charge in [-0.2, -0.15) is 0 Å². The largest absolute Gasteiger partial charge is 0.469 e. The van der Waals surface area contributed by atoms with E-state index in [2.05, 4.69) is 37.3 Å². The van der Waals surface area contributed by atoms with E-state index in [1.807, 2.05) is 6.07 Å². The Morgan fingerprint density at radius 3 is 2.65 bits per heavy atom. The summed E-state index contributed by atoms with van der Waals surface area (Å²) < 4.78 is 5.40. The second kappa shape index (κ2) is 7.28. The summed E-state index contributed by atoms with van der Waals surface area (Å²) in [7, 11) is 4.47. The van der Waals surface area contributed by atoms with Crippen molar-refractivity contribution in [2.75, 3.05) is 20.6 Å². The Bertz CT molecular complexity index is 366. The van der Waals surface area contributed by atoms with Gasteiger partial charge in [0.25, 0.3) is 0 Å².